The Morgan fingerprint density at radius 2 is 2.06 bits per heavy atom. The van der Waals surface area contributed by atoms with Gasteiger partial charge in [0.05, 0.1) is 11.7 Å². The molecule has 2 heteroatoms. The summed E-state index contributed by atoms with van der Waals surface area (Å²) >= 11 is 0. The molecule has 1 aliphatic heterocycles. The fourth-order valence-electron chi connectivity index (χ4n) is 4.51. The third kappa shape index (κ3) is 2.34. The van der Waals surface area contributed by atoms with Crippen molar-refractivity contribution in [3.63, 3.8) is 0 Å². The minimum absolute atomic E-state index is 0.0342. The molecule has 2 saturated carbocycles. The normalized spacial score (nSPS) is 43.7. The van der Waals surface area contributed by atoms with Crippen LogP contribution < -0.4 is 0 Å². The highest BCUT2D eigenvalue weighted by atomic mass is 16.5. The Morgan fingerprint density at radius 1 is 1.22 bits per heavy atom. The molecule has 0 bridgehead atoms. The van der Waals surface area contributed by atoms with Gasteiger partial charge in [0.15, 0.2) is 0 Å². The van der Waals surface area contributed by atoms with Gasteiger partial charge in [0.1, 0.15) is 0 Å². The van der Waals surface area contributed by atoms with Crippen molar-refractivity contribution in [2.24, 2.45) is 17.8 Å². The van der Waals surface area contributed by atoms with Crippen LogP contribution in [0.15, 0.2) is 0 Å². The molecule has 0 aromatic carbocycles. The first-order valence-electron chi connectivity index (χ1n) is 8.04. The monoisotopic (exact) mass is 252 g/mol. The van der Waals surface area contributed by atoms with Crippen LogP contribution in [0.2, 0.25) is 0 Å². The number of ether oxygens (including phenoxy) is 1. The quantitative estimate of drug-likeness (QED) is 0.814. The SMILES string of the molecule is CCC1CCC(O)C(C2CCOC3(CCC3)C2)C1. The summed E-state index contributed by atoms with van der Waals surface area (Å²) in [7, 11) is 0. The minimum Gasteiger partial charge on any atom is -0.393 e. The summed E-state index contributed by atoms with van der Waals surface area (Å²) in [6, 6.07) is 0. The van der Waals surface area contributed by atoms with Crippen LogP contribution in [-0.2, 0) is 4.74 Å². The predicted molar refractivity (Wildman–Crippen MR) is 72.4 cm³/mol. The summed E-state index contributed by atoms with van der Waals surface area (Å²) in [6.07, 6.45) is 11.1. The second-order valence-electron chi connectivity index (χ2n) is 6.96. The van der Waals surface area contributed by atoms with Gasteiger partial charge >= 0.3 is 0 Å². The summed E-state index contributed by atoms with van der Waals surface area (Å²) in [5, 5.41) is 10.4. The summed E-state index contributed by atoms with van der Waals surface area (Å²) < 4.78 is 6.03. The molecule has 1 saturated heterocycles. The van der Waals surface area contributed by atoms with Gasteiger partial charge in [-0.15, -0.1) is 0 Å². The molecular formula is C16H28O2. The van der Waals surface area contributed by atoms with Crippen LogP contribution in [0.25, 0.3) is 0 Å². The maximum atomic E-state index is 10.4. The average Bonchev–Trinajstić information content (AvgIpc) is 2.38. The lowest BCUT2D eigenvalue weighted by atomic mass is 9.64. The molecule has 4 atom stereocenters. The molecule has 0 aromatic heterocycles. The molecule has 4 unspecified atom stereocenters. The molecule has 0 radical (unpaired) electrons. The van der Waals surface area contributed by atoms with Gasteiger partial charge in [-0.1, -0.05) is 13.3 Å². The zero-order valence-corrected chi connectivity index (χ0v) is 11.7. The van der Waals surface area contributed by atoms with Crippen LogP contribution >= 0.6 is 0 Å². The Balaban J connectivity index is 1.64. The van der Waals surface area contributed by atoms with E-state index in [1.54, 1.807) is 0 Å². The van der Waals surface area contributed by atoms with E-state index >= 15 is 0 Å². The van der Waals surface area contributed by atoms with E-state index in [-0.39, 0.29) is 11.7 Å². The summed E-state index contributed by atoms with van der Waals surface area (Å²) in [6.45, 7) is 3.24. The van der Waals surface area contributed by atoms with Crippen molar-refractivity contribution in [2.75, 3.05) is 6.61 Å². The largest absolute Gasteiger partial charge is 0.393 e. The molecule has 0 aromatic rings. The Morgan fingerprint density at radius 3 is 2.72 bits per heavy atom. The number of hydrogen-bond donors (Lipinski definition) is 1. The fourth-order valence-corrected chi connectivity index (χ4v) is 4.51. The minimum atomic E-state index is -0.0342. The highest BCUT2D eigenvalue weighted by Gasteiger charge is 2.46. The van der Waals surface area contributed by atoms with Gasteiger partial charge in [0.25, 0.3) is 0 Å². The lowest BCUT2D eigenvalue weighted by molar-refractivity contribution is -0.159. The van der Waals surface area contributed by atoms with E-state index in [4.69, 9.17) is 4.74 Å². The smallest absolute Gasteiger partial charge is 0.0685 e. The van der Waals surface area contributed by atoms with Crippen molar-refractivity contribution >= 4 is 0 Å². The molecule has 1 heterocycles. The summed E-state index contributed by atoms with van der Waals surface area (Å²) in [4.78, 5) is 0. The highest BCUT2D eigenvalue weighted by Crippen LogP contribution is 2.48. The van der Waals surface area contributed by atoms with Crippen LogP contribution in [0, 0.1) is 17.8 Å². The van der Waals surface area contributed by atoms with E-state index < -0.39 is 0 Å². The lowest BCUT2D eigenvalue weighted by Crippen LogP contribution is -2.49. The van der Waals surface area contributed by atoms with Crippen molar-refractivity contribution in [3.05, 3.63) is 0 Å². The van der Waals surface area contributed by atoms with E-state index in [2.05, 4.69) is 6.92 Å². The molecule has 2 nitrogen and oxygen atoms in total. The van der Waals surface area contributed by atoms with Gasteiger partial charge in [-0.05, 0) is 69.1 Å². The molecular weight excluding hydrogens is 224 g/mol. The first-order valence-corrected chi connectivity index (χ1v) is 8.04. The van der Waals surface area contributed by atoms with Crippen LogP contribution in [0.1, 0.15) is 64.7 Å². The van der Waals surface area contributed by atoms with E-state index in [1.165, 1.54) is 51.4 Å². The Bertz CT molecular complexity index is 285. The van der Waals surface area contributed by atoms with Crippen molar-refractivity contribution in [3.8, 4) is 0 Å². The van der Waals surface area contributed by atoms with E-state index in [0.717, 1.165) is 24.9 Å². The van der Waals surface area contributed by atoms with E-state index in [1.807, 2.05) is 0 Å². The summed E-state index contributed by atoms with van der Waals surface area (Å²) in [5.74, 6) is 2.15. The van der Waals surface area contributed by atoms with Crippen LogP contribution in [0.3, 0.4) is 0 Å². The Kier molecular flexibility index (Phi) is 3.68. The maximum Gasteiger partial charge on any atom is 0.0685 e. The highest BCUT2D eigenvalue weighted by molar-refractivity contribution is 4.97. The number of aliphatic hydroxyl groups excluding tert-OH is 1. The lowest BCUT2D eigenvalue weighted by Gasteiger charge is -2.50. The molecule has 18 heavy (non-hydrogen) atoms. The van der Waals surface area contributed by atoms with Crippen LogP contribution in [-0.4, -0.2) is 23.4 Å². The van der Waals surface area contributed by atoms with Gasteiger partial charge in [-0.2, -0.15) is 0 Å². The Hall–Kier alpha value is -0.0800. The first-order chi connectivity index (χ1) is 8.72. The molecule has 3 aliphatic rings. The fraction of sp³-hybridized carbons (Fsp3) is 1.00. The van der Waals surface area contributed by atoms with Crippen molar-refractivity contribution in [2.45, 2.75) is 76.4 Å². The summed E-state index contributed by atoms with van der Waals surface area (Å²) in [5.41, 5.74) is 0.238. The Labute approximate surface area is 111 Å². The van der Waals surface area contributed by atoms with Crippen LogP contribution in [0.5, 0.6) is 0 Å². The number of aliphatic hydroxyl groups is 1. The topological polar surface area (TPSA) is 29.5 Å². The maximum absolute atomic E-state index is 10.4. The van der Waals surface area contributed by atoms with E-state index in [9.17, 15) is 5.11 Å². The average molecular weight is 252 g/mol. The third-order valence-corrected chi connectivity index (χ3v) is 5.95. The van der Waals surface area contributed by atoms with Gasteiger partial charge in [0, 0.05) is 6.61 Å². The van der Waals surface area contributed by atoms with Gasteiger partial charge in [-0.3, -0.25) is 0 Å². The van der Waals surface area contributed by atoms with Gasteiger partial charge in [-0.25, -0.2) is 0 Å². The van der Waals surface area contributed by atoms with Gasteiger partial charge < -0.3 is 9.84 Å². The molecule has 3 rings (SSSR count). The molecule has 1 spiro atoms. The zero-order chi connectivity index (χ0) is 12.6. The van der Waals surface area contributed by atoms with Crippen molar-refractivity contribution < 1.29 is 9.84 Å². The molecule has 104 valence electrons. The van der Waals surface area contributed by atoms with Gasteiger partial charge in [0.2, 0.25) is 0 Å². The van der Waals surface area contributed by atoms with Crippen LogP contribution in [0.4, 0.5) is 0 Å². The standard InChI is InChI=1S/C16H28O2/c1-2-12-4-5-15(17)14(10-12)13-6-9-18-16(11-13)7-3-8-16/h12-15,17H,2-11H2,1H3. The third-order valence-electron chi connectivity index (χ3n) is 5.95. The number of rotatable bonds is 2. The molecule has 3 fully saturated rings. The second kappa shape index (κ2) is 5.13. The second-order valence-corrected chi connectivity index (χ2v) is 6.96. The first kappa shape index (κ1) is 12.9. The zero-order valence-electron chi connectivity index (χ0n) is 11.7. The number of hydrogen-bond acceptors (Lipinski definition) is 2. The molecule has 2 aliphatic carbocycles. The molecule has 0 amide bonds. The van der Waals surface area contributed by atoms with Crippen molar-refractivity contribution in [1.82, 2.24) is 0 Å². The van der Waals surface area contributed by atoms with Crippen molar-refractivity contribution in [1.29, 1.82) is 0 Å². The molecule has 1 N–H and O–H groups in total. The van der Waals surface area contributed by atoms with E-state index in [0.29, 0.717) is 5.92 Å². The predicted octanol–water partition coefficient (Wildman–Crippen LogP) is 3.52.